The van der Waals surface area contributed by atoms with E-state index in [-0.39, 0.29) is 30.7 Å². The van der Waals surface area contributed by atoms with Gasteiger partial charge in [-0.05, 0) is 37.0 Å². The van der Waals surface area contributed by atoms with Crippen LogP contribution in [-0.4, -0.2) is 47.5 Å². The number of carbonyl (C=O) groups is 1. The van der Waals surface area contributed by atoms with Crippen molar-refractivity contribution >= 4 is 48.2 Å². The molecule has 3 N–H and O–H groups in total. The largest absolute Gasteiger partial charge is 0.324 e. The van der Waals surface area contributed by atoms with Gasteiger partial charge in [-0.2, -0.15) is 11.8 Å². The smallest absolute Gasteiger partial charge is 0.244 e. The van der Waals surface area contributed by atoms with Gasteiger partial charge in [-0.15, -0.1) is 24.8 Å². The van der Waals surface area contributed by atoms with Crippen LogP contribution in [0, 0.1) is 0 Å². The molecular weight excluding hydrogens is 389 g/mol. The highest BCUT2D eigenvalue weighted by atomic mass is 35.5. The Morgan fingerprint density at radius 2 is 1.69 bits per heavy atom. The van der Waals surface area contributed by atoms with Gasteiger partial charge in [0.25, 0.3) is 0 Å². The molecule has 1 heterocycles. The summed E-state index contributed by atoms with van der Waals surface area (Å²) in [5, 5.41) is 3.01. The van der Waals surface area contributed by atoms with Crippen molar-refractivity contribution in [1.29, 1.82) is 0 Å². The van der Waals surface area contributed by atoms with Crippen molar-refractivity contribution in [3.05, 3.63) is 29.8 Å². The van der Waals surface area contributed by atoms with Crippen LogP contribution in [0.25, 0.3) is 0 Å². The molecule has 4 nitrogen and oxygen atoms in total. The standard InChI is InChI=1S/C19H29N3OS.2ClH/c20-19(9-2-1-3-10-19)18(23)21-17-6-4-16(5-7-17)8-11-22-12-14-24-15-13-22;;/h4-7H,1-3,8-15,20H2,(H,21,23);2*1H. The Hall–Kier alpha value is -0.460. The van der Waals surface area contributed by atoms with E-state index < -0.39 is 5.54 Å². The molecule has 3 rings (SSSR count). The summed E-state index contributed by atoms with van der Waals surface area (Å²) in [7, 11) is 0. The fraction of sp³-hybridized carbons (Fsp3) is 0.632. The Kier molecular flexibility index (Phi) is 10.3. The fourth-order valence-corrected chi connectivity index (χ4v) is 4.51. The maximum atomic E-state index is 12.5. The minimum Gasteiger partial charge on any atom is -0.324 e. The molecule has 26 heavy (non-hydrogen) atoms. The number of hydrogen-bond acceptors (Lipinski definition) is 4. The van der Waals surface area contributed by atoms with Gasteiger partial charge >= 0.3 is 0 Å². The molecule has 0 radical (unpaired) electrons. The van der Waals surface area contributed by atoms with E-state index in [4.69, 9.17) is 5.73 Å². The highest BCUT2D eigenvalue weighted by molar-refractivity contribution is 7.99. The molecule has 7 heteroatoms. The Balaban J connectivity index is 0.00000169. The number of nitrogens with one attached hydrogen (secondary N) is 1. The first-order valence-electron chi connectivity index (χ1n) is 9.15. The van der Waals surface area contributed by atoms with Crippen molar-refractivity contribution in [2.75, 3.05) is 36.5 Å². The number of benzene rings is 1. The van der Waals surface area contributed by atoms with Crippen LogP contribution in [-0.2, 0) is 11.2 Å². The van der Waals surface area contributed by atoms with E-state index in [0.717, 1.165) is 44.3 Å². The molecule has 1 aliphatic carbocycles. The number of amides is 1. The van der Waals surface area contributed by atoms with Gasteiger partial charge in [0.15, 0.2) is 0 Å². The van der Waals surface area contributed by atoms with Crippen LogP contribution in [0.15, 0.2) is 24.3 Å². The molecule has 1 aromatic rings. The van der Waals surface area contributed by atoms with Crippen LogP contribution < -0.4 is 11.1 Å². The molecule has 0 atom stereocenters. The number of halogens is 2. The third kappa shape index (κ3) is 6.61. The second kappa shape index (κ2) is 11.4. The van der Waals surface area contributed by atoms with Gasteiger partial charge in [-0.25, -0.2) is 0 Å². The number of nitrogens with zero attached hydrogens (tertiary/aromatic N) is 1. The summed E-state index contributed by atoms with van der Waals surface area (Å²) in [6.45, 7) is 3.53. The van der Waals surface area contributed by atoms with Crippen molar-refractivity contribution in [3.8, 4) is 0 Å². The molecule has 0 bridgehead atoms. The first-order chi connectivity index (χ1) is 11.7. The fourth-order valence-electron chi connectivity index (χ4n) is 3.53. The lowest BCUT2D eigenvalue weighted by atomic mass is 9.82. The van der Waals surface area contributed by atoms with Gasteiger partial charge in [0, 0.05) is 36.8 Å². The van der Waals surface area contributed by atoms with E-state index in [1.54, 1.807) is 0 Å². The predicted octanol–water partition coefficient (Wildman–Crippen LogP) is 3.72. The Morgan fingerprint density at radius 1 is 1.08 bits per heavy atom. The van der Waals surface area contributed by atoms with E-state index in [0.29, 0.717) is 0 Å². The van der Waals surface area contributed by atoms with Crippen LogP contribution in [0.5, 0.6) is 0 Å². The van der Waals surface area contributed by atoms with Gasteiger partial charge in [0.1, 0.15) is 0 Å². The van der Waals surface area contributed by atoms with Gasteiger partial charge in [0.05, 0.1) is 5.54 Å². The Labute approximate surface area is 173 Å². The van der Waals surface area contributed by atoms with Crippen LogP contribution in [0.2, 0.25) is 0 Å². The summed E-state index contributed by atoms with van der Waals surface area (Å²) in [5.41, 5.74) is 7.79. The minimum atomic E-state index is -0.677. The van der Waals surface area contributed by atoms with Crippen molar-refractivity contribution < 1.29 is 4.79 Å². The number of thioether (sulfide) groups is 1. The summed E-state index contributed by atoms with van der Waals surface area (Å²) in [5.74, 6) is 2.48. The Bertz CT molecular complexity index is 544. The van der Waals surface area contributed by atoms with E-state index in [1.807, 2.05) is 23.9 Å². The lowest BCUT2D eigenvalue weighted by Crippen LogP contribution is -2.52. The first kappa shape index (κ1) is 23.6. The number of hydrogen-bond donors (Lipinski definition) is 2. The zero-order valence-corrected chi connectivity index (χ0v) is 17.7. The molecule has 1 saturated carbocycles. The third-order valence-electron chi connectivity index (χ3n) is 5.23. The molecule has 0 aromatic heterocycles. The maximum Gasteiger partial charge on any atom is 0.244 e. The molecular formula is C19H31Cl2N3OS. The number of rotatable bonds is 5. The maximum absolute atomic E-state index is 12.5. The highest BCUT2D eigenvalue weighted by Gasteiger charge is 2.35. The molecule has 2 aliphatic rings. The van der Waals surface area contributed by atoms with Crippen molar-refractivity contribution in [1.82, 2.24) is 4.90 Å². The predicted molar refractivity (Wildman–Crippen MR) is 117 cm³/mol. The van der Waals surface area contributed by atoms with Crippen LogP contribution >= 0.6 is 36.6 Å². The molecule has 1 aromatic carbocycles. The normalized spacial score (nSPS) is 19.7. The van der Waals surface area contributed by atoms with Gasteiger partial charge in [0.2, 0.25) is 5.91 Å². The average molecular weight is 420 g/mol. The summed E-state index contributed by atoms with van der Waals surface area (Å²) in [6.07, 6.45) is 5.96. The molecule has 2 fully saturated rings. The number of anilines is 1. The summed E-state index contributed by atoms with van der Waals surface area (Å²) in [6, 6.07) is 8.26. The SMILES string of the molecule is Cl.Cl.NC1(C(=O)Nc2ccc(CCN3CCSCC3)cc2)CCCCC1. The van der Waals surface area contributed by atoms with Crippen molar-refractivity contribution in [2.45, 2.75) is 44.1 Å². The molecule has 1 amide bonds. The summed E-state index contributed by atoms with van der Waals surface area (Å²) in [4.78, 5) is 15.0. The van der Waals surface area contributed by atoms with Crippen LogP contribution in [0.1, 0.15) is 37.7 Å². The van der Waals surface area contributed by atoms with E-state index >= 15 is 0 Å². The molecule has 1 saturated heterocycles. The Morgan fingerprint density at radius 3 is 2.31 bits per heavy atom. The number of carbonyl (C=O) groups excluding carboxylic acids is 1. The lowest BCUT2D eigenvalue weighted by Gasteiger charge is -2.31. The average Bonchev–Trinajstić information content (AvgIpc) is 2.62. The van der Waals surface area contributed by atoms with Gasteiger partial charge < -0.3 is 16.0 Å². The summed E-state index contributed by atoms with van der Waals surface area (Å²) < 4.78 is 0. The lowest BCUT2D eigenvalue weighted by molar-refractivity contribution is -0.122. The minimum absolute atomic E-state index is 0. The number of nitrogens with two attached hydrogens (primary N) is 1. The zero-order valence-electron chi connectivity index (χ0n) is 15.2. The second-order valence-corrected chi connectivity index (χ2v) is 8.30. The van der Waals surface area contributed by atoms with Gasteiger partial charge in [-0.3, -0.25) is 4.79 Å². The molecule has 0 unspecified atom stereocenters. The van der Waals surface area contributed by atoms with Crippen LogP contribution in [0.3, 0.4) is 0 Å². The van der Waals surface area contributed by atoms with Crippen molar-refractivity contribution in [2.24, 2.45) is 5.73 Å². The molecule has 1 aliphatic heterocycles. The summed E-state index contributed by atoms with van der Waals surface area (Å²) >= 11 is 2.05. The van der Waals surface area contributed by atoms with Gasteiger partial charge in [-0.1, -0.05) is 31.4 Å². The van der Waals surface area contributed by atoms with E-state index in [9.17, 15) is 4.79 Å². The third-order valence-corrected chi connectivity index (χ3v) is 6.17. The quantitative estimate of drug-likeness (QED) is 0.762. The van der Waals surface area contributed by atoms with Crippen LogP contribution in [0.4, 0.5) is 5.69 Å². The molecule has 0 spiro atoms. The monoisotopic (exact) mass is 419 g/mol. The van der Waals surface area contributed by atoms with E-state index in [1.165, 1.54) is 36.6 Å². The zero-order chi connectivity index (χ0) is 16.8. The highest BCUT2D eigenvalue weighted by Crippen LogP contribution is 2.27. The van der Waals surface area contributed by atoms with E-state index in [2.05, 4.69) is 22.3 Å². The molecule has 148 valence electrons. The first-order valence-corrected chi connectivity index (χ1v) is 10.3. The second-order valence-electron chi connectivity index (χ2n) is 7.07. The topological polar surface area (TPSA) is 58.4 Å². The van der Waals surface area contributed by atoms with Crippen molar-refractivity contribution in [3.63, 3.8) is 0 Å².